The van der Waals surface area contributed by atoms with Crippen LogP contribution in [0, 0.1) is 5.92 Å². The molecule has 0 saturated heterocycles. The van der Waals surface area contributed by atoms with Gasteiger partial charge in [-0.3, -0.25) is 4.68 Å². The van der Waals surface area contributed by atoms with Crippen LogP contribution >= 0.6 is 0 Å². The first kappa shape index (κ1) is 11.5. The van der Waals surface area contributed by atoms with E-state index in [4.69, 9.17) is 5.73 Å². The van der Waals surface area contributed by atoms with Crippen molar-refractivity contribution < 1.29 is 5.11 Å². The Kier molecular flexibility index (Phi) is 3.49. The molecule has 4 heteroatoms. The predicted octanol–water partition coefficient (Wildman–Crippen LogP) is 2.01. The van der Waals surface area contributed by atoms with Crippen molar-refractivity contribution in [2.75, 3.05) is 5.73 Å². The number of hydrogen-bond acceptors (Lipinski definition) is 3. The number of anilines is 1. The summed E-state index contributed by atoms with van der Waals surface area (Å²) in [6.45, 7) is 0. The van der Waals surface area contributed by atoms with Gasteiger partial charge in [0.2, 0.25) is 0 Å². The number of aliphatic hydroxyl groups is 1. The Hall–Kier alpha value is -1.03. The molecule has 1 saturated carbocycles. The fraction of sp³-hybridized carbons (Fsp3) is 0.750. The number of nitrogen functional groups attached to an aromatic ring is 1. The highest BCUT2D eigenvalue weighted by Crippen LogP contribution is 2.35. The van der Waals surface area contributed by atoms with Crippen molar-refractivity contribution in [3.63, 3.8) is 0 Å². The summed E-state index contributed by atoms with van der Waals surface area (Å²) in [4.78, 5) is 0. The fourth-order valence-electron chi connectivity index (χ4n) is 2.57. The summed E-state index contributed by atoms with van der Waals surface area (Å²) in [5.41, 5.74) is 6.69. The molecule has 1 heterocycles. The minimum atomic E-state index is -0.438. The molecular weight excluding hydrogens is 202 g/mol. The molecule has 1 fully saturated rings. The van der Waals surface area contributed by atoms with E-state index in [2.05, 4.69) is 5.10 Å². The molecule has 0 aliphatic heterocycles. The lowest BCUT2D eigenvalue weighted by Gasteiger charge is -2.20. The van der Waals surface area contributed by atoms with Crippen LogP contribution in [0.15, 0.2) is 6.20 Å². The molecule has 0 radical (unpaired) electrons. The normalized spacial score (nSPS) is 20.6. The number of nitrogens with zero attached hydrogens (tertiary/aromatic N) is 2. The van der Waals surface area contributed by atoms with Gasteiger partial charge < -0.3 is 10.8 Å². The minimum Gasteiger partial charge on any atom is -0.388 e. The largest absolute Gasteiger partial charge is 0.388 e. The summed E-state index contributed by atoms with van der Waals surface area (Å²) < 4.78 is 1.62. The van der Waals surface area contributed by atoms with Crippen LogP contribution in [-0.4, -0.2) is 14.9 Å². The van der Waals surface area contributed by atoms with Gasteiger partial charge in [-0.25, -0.2) is 0 Å². The molecule has 1 atom stereocenters. The van der Waals surface area contributed by atoms with Gasteiger partial charge in [-0.2, -0.15) is 5.10 Å². The van der Waals surface area contributed by atoms with Crippen LogP contribution in [0.3, 0.4) is 0 Å². The van der Waals surface area contributed by atoms with Gasteiger partial charge in [0, 0.05) is 12.6 Å². The van der Waals surface area contributed by atoms with Crippen molar-refractivity contribution in [2.45, 2.75) is 44.6 Å². The van der Waals surface area contributed by atoms with E-state index in [-0.39, 0.29) is 0 Å². The molecule has 0 amide bonds. The summed E-state index contributed by atoms with van der Waals surface area (Å²) in [6, 6.07) is 0. The average Bonchev–Trinajstić information content (AvgIpc) is 2.53. The smallest absolute Gasteiger partial charge is 0.127 e. The Bertz CT molecular complexity index is 340. The van der Waals surface area contributed by atoms with E-state index in [9.17, 15) is 5.11 Å². The lowest BCUT2D eigenvalue weighted by molar-refractivity contribution is 0.0994. The quantitative estimate of drug-likeness (QED) is 0.754. The first-order valence-corrected chi connectivity index (χ1v) is 6.15. The summed E-state index contributed by atoms with van der Waals surface area (Å²) in [5.74, 6) is 0.950. The standard InChI is InChI=1S/C12H21N3O/c1-15-12(13)10(8-14-15)11(16)9-6-4-2-3-5-7-9/h8-9,11,16H,2-7,13H2,1H3. The van der Waals surface area contributed by atoms with E-state index in [1.807, 2.05) is 0 Å². The van der Waals surface area contributed by atoms with Crippen LogP contribution in [0.25, 0.3) is 0 Å². The Morgan fingerprint density at radius 1 is 1.38 bits per heavy atom. The van der Waals surface area contributed by atoms with E-state index in [0.29, 0.717) is 11.7 Å². The van der Waals surface area contributed by atoms with E-state index in [1.54, 1.807) is 17.9 Å². The summed E-state index contributed by atoms with van der Waals surface area (Å²) in [6.07, 6.45) is 8.52. The van der Waals surface area contributed by atoms with Gasteiger partial charge in [0.05, 0.1) is 12.3 Å². The zero-order chi connectivity index (χ0) is 11.5. The molecule has 0 aromatic carbocycles. The zero-order valence-corrected chi connectivity index (χ0v) is 9.89. The second kappa shape index (κ2) is 4.87. The van der Waals surface area contributed by atoms with Crippen LogP contribution in [0.1, 0.15) is 50.2 Å². The molecule has 1 aliphatic carbocycles. The van der Waals surface area contributed by atoms with Crippen LogP contribution in [0.4, 0.5) is 5.82 Å². The molecule has 2 rings (SSSR count). The van der Waals surface area contributed by atoms with Gasteiger partial charge in [-0.05, 0) is 18.8 Å². The molecule has 1 unspecified atom stereocenters. The monoisotopic (exact) mass is 223 g/mol. The van der Waals surface area contributed by atoms with Crippen LogP contribution in [0.2, 0.25) is 0 Å². The van der Waals surface area contributed by atoms with Gasteiger partial charge in [-0.1, -0.05) is 25.7 Å². The van der Waals surface area contributed by atoms with E-state index >= 15 is 0 Å². The first-order chi connectivity index (χ1) is 7.70. The molecule has 4 nitrogen and oxygen atoms in total. The van der Waals surface area contributed by atoms with Crippen molar-refractivity contribution in [3.05, 3.63) is 11.8 Å². The lowest BCUT2D eigenvalue weighted by Crippen LogP contribution is -2.13. The number of rotatable bonds is 2. The van der Waals surface area contributed by atoms with Crippen molar-refractivity contribution in [3.8, 4) is 0 Å². The molecule has 1 aromatic rings. The van der Waals surface area contributed by atoms with Crippen LogP contribution in [0.5, 0.6) is 0 Å². The van der Waals surface area contributed by atoms with Crippen LogP contribution in [-0.2, 0) is 7.05 Å². The third-order valence-electron chi connectivity index (χ3n) is 3.68. The highest BCUT2D eigenvalue weighted by Gasteiger charge is 2.25. The van der Waals surface area contributed by atoms with Gasteiger partial charge in [-0.15, -0.1) is 0 Å². The lowest BCUT2D eigenvalue weighted by atomic mass is 9.90. The molecule has 1 aromatic heterocycles. The highest BCUT2D eigenvalue weighted by atomic mass is 16.3. The third kappa shape index (κ3) is 2.21. The SMILES string of the molecule is Cn1ncc(C(O)C2CCCCCC2)c1N. The first-order valence-electron chi connectivity index (χ1n) is 6.15. The molecule has 3 N–H and O–H groups in total. The van der Waals surface area contributed by atoms with Gasteiger partial charge in [0.1, 0.15) is 5.82 Å². The number of aryl methyl sites for hydroxylation is 1. The molecular formula is C12H21N3O. The number of hydrogen-bond donors (Lipinski definition) is 2. The maximum Gasteiger partial charge on any atom is 0.127 e. The molecule has 90 valence electrons. The number of nitrogens with two attached hydrogens (primary N) is 1. The topological polar surface area (TPSA) is 64.1 Å². The average molecular weight is 223 g/mol. The van der Waals surface area contributed by atoms with Gasteiger partial charge >= 0.3 is 0 Å². The molecule has 0 spiro atoms. The summed E-state index contributed by atoms with van der Waals surface area (Å²) in [7, 11) is 1.80. The fourth-order valence-corrected chi connectivity index (χ4v) is 2.57. The third-order valence-corrected chi connectivity index (χ3v) is 3.68. The van der Waals surface area contributed by atoms with Crippen molar-refractivity contribution in [2.24, 2.45) is 13.0 Å². The maximum absolute atomic E-state index is 10.3. The van der Waals surface area contributed by atoms with E-state index in [1.165, 1.54) is 25.7 Å². The van der Waals surface area contributed by atoms with Crippen molar-refractivity contribution >= 4 is 5.82 Å². The summed E-state index contributed by atoms with van der Waals surface area (Å²) in [5, 5.41) is 14.4. The molecule has 1 aliphatic rings. The second-order valence-corrected chi connectivity index (χ2v) is 4.81. The van der Waals surface area contributed by atoms with Gasteiger partial charge in [0.15, 0.2) is 0 Å². The Morgan fingerprint density at radius 3 is 2.50 bits per heavy atom. The van der Waals surface area contributed by atoms with Gasteiger partial charge in [0.25, 0.3) is 0 Å². The highest BCUT2D eigenvalue weighted by molar-refractivity contribution is 5.40. The predicted molar refractivity (Wildman–Crippen MR) is 63.8 cm³/mol. The molecule has 16 heavy (non-hydrogen) atoms. The minimum absolute atomic E-state index is 0.356. The van der Waals surface area contributed by atoms with Crippen molar-refractivity contribution in [1.29, 1.82) is 0 Å². The number of aliphatic hydroxyl groups excluding tert-OH is 1. The second-order valence-electron chi connectivity index (χ2n) is 4.81. The molecule has 0 bridgehead atoms. The zero-order valence-electron chi connectivity index (χ0n) is 9.89. The van der Waals surface area contributed by atoms with Crippen molar-refractivity contribution in [1.82, 2.24) is 9.78 Å². The van der Waals surface area contributed by atoms with Crippen LogP contribution < -0.4 is 5.73 Å². The van der Waals surface area contributed by atoms with E-state index in [0.717, 1.165) is 18.4 Å². The maximum atomic E-state index is 10.3. The Labute approximate surface area is 96.5 Å². The van der Waals surface area contributed by atoms with E-state index < -0.39 is 6.10 Å². The summed E-state index contributed by atoms with van der Waals surface area (Å²) >= 11 is 0. The number of aromatic nitrogens is 2. The Morgan fingerprint density at radius 2 is 2.00 bits per heavy atom. The Balaban J connectivity index is 2.11.